The summed E-state index contributed by atoms with van der Waals surface area (Å²) < 4.78 is 0. The number of nitrogens with zero attached hydrogens (tertiary/aromatic N) is 3. The van der Waals surface area contributed by atoms with Crippen molar-refractivity contribution in [1.29, 1.82) is 0 Å². The minimum absolute atomic E-state index is 0.964. The molecule has 0 aromatic heterocycles. The fraction of sp³-hybridized carbons (Fsp3) is 0.0244. The predicted molar refractivity (Wildman–Crippen MR) is 361 cm³/mol. The first-order chi connectivity index (χ1) is 42.1. The van der Waals surface area contributed by atoms with Gasteiger partial charge in [0.15, 0.2) is 0 Å². The Morgan fingerprint density at radius 1 is 0.188 bits per heavy atom. The first-order valence-electron chi connectivity index (χ1n) is 29.3. The van der Waals surface area contributed by atoms with Crippen LogP contribution in [0.15, 0.2) is 352 Å². The van der Waals surface area contributed by atoms with E-state index in [0.29, 0.717) is 0 Å². The van der Waals surface area contributed by atoms with Gasteiger partial charge in [-0.15, -0.1) is 0 Å². The Labute approximate surface area is 500 Å². The predicted octanol–water partition coefficient (Wildman–Crippen LogP) is 22.7. The van der Waals surface area contributed by atoms with Crippen LogP contribution in [0, 0.1) is 0 Å². The van der Waals surface area contributed by atoms with Gasteiger partial charge in [0.05, 0.1) is 0 Å². The van der Waals surface area contributed by atoms with Gasteiger partial charge in [-0.25, -0.2) is 0 Å². The van der Waals surface area contributed by atoms with Crippen LogP contribution in [0.1, 0.15) is 34.7 Å². The van der Waals surface area contributed by atoms with Gasteiger partial charge >= 0.3 is 0 Å². The molecule has 0 N–H and O–H groups in total. The van der Waals surface area contributed by atoms with Crippen LogP contribution in [0.2, 0.25) is 0 Å². The summed E-state index contributed by atoms with van der Waals surface area (Å²) in [5.41, 5.74) is 25.1. The highest BCUT2D eigenvalue weighted by Crippen LogP contribution is 2.42. The number of anilines is 9. The van der Waals surface area contributed by atoms with Crippen molar-refractivity contribution >= 4 is 62.3 Å². The summed E-state index contributed by atoms with van der Waals surface area (Å²) in [7, 11) is 0. The smallest absolute Gasteiger partial charge is 0.0462 e. The van der Waals surface area contributed by atoms with Crippen molar-refractivity contribution in [2.24, 2.45) is 0 Å². The maximum Gasteiger partial charge on any atom is 0.0462 e. The van der Waals surface area contributed by atoms with Crippen LogP contribution in [-0.4, -0.2) is 0 Å². The van der Waals surface area contributed by atoms with Gasteiger partial charge in [0, 0.05) is 51.2 Å². The molecule has 0 heterocycles. The highest BCUT2D eigenvalue weighted by molar-refractivity contribution is 6.05. The molecule has 0 saturated heterocycles. The molecule has 0 aliphatic rings. The first-order valence-corrected chi connectivity index (χ1v) is 29.3. The fourth-order valence-corrected chi connectivity index (χ4v) is 11.5. The maximum absolute atomic E-state index is 2.31. The third-order valence-electron chi connectivity index (χ3n) is 15.9. The van der Waals surface area contributed by atoms with Gasteiger partial charge in [0.25, 0.3) is 0 Å². The van der Waals surface area contributed by atoms with E-state index < -0.39 is 0 Å². The van der Waals surface area contributed by atoms with Gasteiger partial charge < -0.3 is 14.7 Å². The molecule has 85 heavy (non-hydrogen) atoms. The van der Waals surface area contributed by atoms with E-state index in [-0.39, 0.29) is 0 Å². The van der Waals surface area contributed by atoms with Crippen molar-refractivity contribution in [2.75, 3.05) is 14.7 Å². The van der Waals surface area contributed by atoms with Gasteiger partial charge in [-0.1, -0.05) is 250 Å². The van der Waals surface area contributed by atoms with Crippen molar-refractivity contribution in [3.63, 3.8) is 0 Å². The Hall–Kier alpha value is -11.0. The molecule has 13 aromatic rings. The van der Waals surface area contributed by atoms with Crippen LogP contribution >= 0.6 is 0 Å². The average molecular weight is 1090 g/mol. The molecule has 13 aromatic carbocycles. The van der Waals surface area contributed by atoms with E-state index >= 15 is 0 Å². The van der Waals surface area contributed by atoms with E-state index in [1.165, 1.54) is 11.1 Å². The van der Waals surface area contributed by atoms with Crippen LogP contribution < -0.4 is 14.7 Å². The Kier molecular flexibility index (Phi) is 15.7. The summed E-state index contributed by atoms with van der Waals surface area (Å²) in [5, 5.41) is 0. The number of aryl methyl sites for hydroxylation is 1. The molecule has 3 nitrogen and oxygen atoms in total. The van der Waals surface area contributed by atoms with E-state index in [0.717, 1.165) is 119 Å². The van der Waals surface area contributed by atoms with Crippen LogP contribution in [0.3, 0.4) is 0 Å². The highest BCUT2D eigenvalue weighted by Gasteiger charge is 2.20. The lowest BCUT2D eigenvalue weighted by Gasteiger charge is -2.25. The minimum atomic E-state index is 0.964. The lowest BCUT2D eigenvalue weighted by atomic mass is 9.84. The van der Waals surface area contributed by atoms with Gasteiger partial charge in [0.1, 0.15) is 0 Å². The quantitative estimate of drug-likeness (QED) is 0.0842. The normalized spacial score (nSPS) is 10.9. The molecule has 0 bridgehead atoms. The van der Waals surface area contributed by atoms with Crippen molar-refractivity contribution < 1.29 is 0 Å². The zero-order chi connectivity index (χ0) is 57.2. The highest BCUT2D eigenvalue weighted by atomic mass is 15.2. The minimum Gasteiger partial charge on any atom is -0.311 e. The fourth-order valence-electron chi connectivity index (χ4n) is 11.5. The van der Waals surface area contributed by atoms with E-state index in [4.69, 9.17) is 0 Å². The van der Waals surface area contributed by atoms with Crippen molar-refractivity contribution in [3.8, 4) is 33.4 Å². The Morgan fingerprint density at radius 2 is 0.353 bits per heavy atom. The zero-order valence-corrected chi connectivity index (χ0v) is 47.5. The summed E-state index contributed by atoms with van der Waals surface area (Å²) in [6.45, 7) is 2.22. The van der Waals surface area contributed by atoms with Gasteiger partial charge in [-0.3, -0.25) is 0 Å². The third kappa shape index (κ3) is 11.7. The Bertz CT molecular complexity index is 3980. The Morgan fingerprint density at radius 3 is 0.541 bits per heavy atom. The summed E-state index contributed by atoms with van der Waals surface area (Å²) >= 11 is 0. The second-order valence-corrected chi connectivity index (χ2v) is 21.2. The zero-order valence-electron chi connectivity index (χ0n) is 47.5. The molecule has 13 rings (SSSR count). The first kappa shape index (κ1) is 53.3. The van der Waals surface area contributed by atoms with E-state index in [9.17, 15) is 0 Å². The average Bonchev–Trinajstić information content (AvgIpc) is 3.55. The largest absolute Gasteiger partial charge is 0.311 e. The SMILES string of the molecule is CCc1ccc(C(=C(c2ccc(-c3ccc(N(c4ccccc4)c4ccccc4)cc3)cc2)c2ccc(-c3ccc(N(c4ccccc4)c4ccccc4)cc3)cc2)c2ccc(-c3ccc(N(c4ccccc4)c4ccccc4)cc3)cc2)cc1. The molecule has 406 valence electrons. The van der Waals surface area contributed by atoms with E-state index in [1.807, 2.05) is 0 Å². The number of benzene rings is 13. The number of rotatable bonds is 17. The molecule has 0 aliphatic heterocycles. The topological polar surface area (TPSA) is 9.72 Å². The summed E-state index contributed by atoms with van der Waals surface area (Å²) in [4.78, 5) is 6.91. The molecule has 0 unspecified atom stereocenters. The maximum atomic E-state index is 2.31. The summed E-state index contributed by atoms with van der Waals surface area (Å²) in [5.74, 6) is 0. The number of hydrogen-bond donors (Lipinski definition) is 0. The molecule has 3 heteroatoms. The van der Waals surface area contributed by atoms with Crippen molar-refractivity contribution in [1.82, 2.24) is 0 Å². The number of hydrogen-bond acceptors (Lipinski definition) is 3. The lowest BCUT2D eigenvalue weighted by molar-refractivity contribution is 1.14. The molecule has 0 radical (unpaired) electrons. The molecule has 0 saturated carbocycles. The molecule has 0 fully saturated rings. The van der Waals surface area contributed by atoms with Crippen molar-refractivity contribution in [2.45, 2.75) is 13.3 Å². The van der Waals surface area contributed by atoms with Gasteiger partial charge in [0.2, 0.25) is 0 Å². The summed E-state index contributed by atoms with van der Waals surface area (Å²) in [6.07, 6.45) is 0.964. The molecule has 0 amide bonds. The molecule has 0 atom stereocenters. The van der Waals surface area contributed by atoms with Crippen LogP contribution in [-0.2, 0) is 6.42 Å². The van der Waals surface area contributed by atoms with Crippen LogP contribution in [0.5, 0.6) is 0 Å². The van der Waals surface area contributed by atoms with E-state index in [2.05, 4.69) is 373 Å². The standard InChI is InChI=1S/C82H63N3/c1-2-61-33-35-68(36-34-61)81(69-43-37-62(38-44-69)65-49-55-78(56-50-65)83(72-21-9-3-10-22-72)73-23-11-4-12-24-73)82(70-45-39-63(40-46-70)66-51-57-79(58-52-66)84(74-25-13-5-14-26-74)75-27-15-6-16-28-75)71-47-41-64(42-48-71)67-53-59-80(60-54-67)85(76-29-17-7-18-30-76)77-31-19-8-20-32-77/h3-60H,2H2,1H3. The van der Waals surface area contributed by atoms with Crippen LogP contribution in [0.4, 0.5) is 51.2 Å². The van der Waals surface area contributed by atoms with Gasteiger partial charge in [-0.05, 0) is 188 Å². The second kappa shape index (κ2) is 25.0. The third-order valence-corrected chi connectivity index (χ3v) is 15.9. The molecular formula is C82H63N3. The molecule has 0 spiro atoms. The lowest BCUT2D eigenvalue weighted by Crippen LogP contribution is -2.09. The molecule has 0 aliphatic carbocycles. The Balaban J connectivity index is 0.886. The molecular weight excluding hydrogens is 1030 g/mol. The van der Waals surface area contributed by atoms with Crippen LogP contribution in [0.25, 0.3) is 44.5 Å². The van der Waals surface area contributed by atoms with Crippen molar-refractivity contribution in [3.05, 3.63) is 380 Å². The summed E-state index contributed by atoms with van der Waals surface area (Å²) in [6, 6.07) is 127. The second-order valence-electron chi connectivity index (χ2n) is 21.2. The van der Waals surface area contributed by atoms with Gasteiger partial charge in [-0.2, -0.15) is 0 Å². The van der Waals surface area contributed by atoms with E-state index in [1.54, 1.807) is 0 Å². The monoisotopic (exact) mass is 1090 g/mol. The number of para-hydroxylation sites is 6.